The topological polar surface area (TPSA) is 101 Å². The lowest BCUT2D eigenvalue weighted by molar-refractivity contribution is 0.0152. The van der Waals surface area contributed by atoms with E-state index in [1.165, 1.54) is 23.2 Å². The van der Waals surface area contributed by atoms with E-state index in [2.05, 4.69) is 15.2 Å². The molecule has 2 aromatic heterocycles. The van der Waals surface area contributed by atoms with Gasteiger partial charge in [-0.25, -0.2) is 18.6 Å². The second kappa shape index (κ2) is 10.3. The summed E-state index contributed by atoms with van der Waals surface area (Å²) < 4.78 is 35.0. The fourth-order valence-electron chi connectivity index (χ4n) is 4.15. The van der Waals surface area contributed by atoms with Crippen LogP contribution in [0.3, 0.4) is 0 Å². The first-order chi connectivity index (χ1) is 17.2. The van der Waals surface area contributed by atoms with Crippen LogP contribution in [0.2, 0.25) is 0 Å². The van der Waals surface area contributed by atoms with E-state index < -0.39 is 35.3 Å². The molecule has 188 valence electrons. The van der Waals surface area contributed by atoms with Crippen molar-refractivity contribution in [3.05, 3.63) is 94.4 Å². The number of carbonyl (C=O) groups excluding carboxylic acids is 1. The van der Waals surface area contributed by atoms with Gasteiger partial charge >= 0.3 is 5.63 Å². The number of aromatic nitrogens is 2. The van der Waals surface area contributed by atoms with Crippen LogP contribution < -0.4 is 15.8 Å². The van der Waals surface area contributed by atoms with Crippen molar-refractivity contribution in [2.75, 3.05) is 24.5 Å². The number of nitrogens with one attached hydrogen (secondary N) is 1. The summed E-state index contributed by atoms with van der Waals surface area (Å²) in [6.07, 6.45) is 4.45. The molecule has 0 aliphatic carbocycles. The summed E-state index contributed by atoms with van der Waals surface area (Å²) in [5.74, 6) is -2.57. The molecule has 8 nitrogen and oxygen atoms in total. The van der Waals surface area contributed by atoms with Crippen molar-refractivity contribution in [3.63, 3.8) is 0 Å². The van der Waals surface area contributed by atoms with E-state index in [1.54, 1.807) is 18.3 Å². The molecule has 1 atom stereocenters. The van der Waals surface area contributed by atoms with Crippen molar-refractivity contribution in [3.8, 4) is 0 Å². The van der Waals surface area contributed by atoms with Crippen LogP contribution in [-0.2, 0) is 12.1 Å². The van der Waals surface area contributed by atoms with Crippen LogP contribution in [0.4, 0.5) is 14.5 Å². The van der Waals surface area contributed by atoms with E-state index >= 15 is 0 Å². The molecule has 2 N–H and O–H groups in total. The molecule has 2 aromatic carbocycles. The Morgan fingerprint density at radius 3 is 2.61 bits per heavy atom. The second-order valence-corrected chi connectivity index (χ2v) is 8.42. The van der Waals surface area contributed by atoms with Crippen molar-refractivity contribution < 1.29 is 23.1 Å². The highest BCUT2D eigenvalue weighted by molar-refractivity contribution is 5.97. The van der Waals surface area contributed by atoms with Crippen molar-refractivity contribution in [1.82, 2.24) is 14.9 Å². The Labute approximate surface area is 205 Å². The smallest absolute Gasteiger partial charge is 0.349 e. The molecule has 0 saturated heterocycles. The lowest BCUT2D eigenvalue weighted by Gasteiger charge is -2.29. The molecule has 0 aliphatic rings. The van der Waals surface area contributed by atoms with Crippen molar-refractivity contribution in [1.29, 1.82) is 0 Å². The Morgan fingerprint density at radius 1 is 1.17 bits per heavy atom. The third kappa shape index (κ3) is 5.13. The summed E-state index contributed by atoms with van der Waals surface area (Å²) in [5, 5.41) is 14.4. The number of hydrogen-bond acceptors (Lipinski definition) is 6. The minimum Gasteiger partial charge on any atom is -0.422 e. The molecule has 4 aromatic rings. The summed E-state index contributed by atoms with van der Waals surface area (Å²) >= 11 is 0. The van der Waals surface area contributed by atoms with Gasteiger partial charge in [-0.15, -0.1) is 0 Å². The average molecular weight is 497 g/mol. The maximum absolute atomic E-state index is 14.6. The molecule has 0 bridgehead atoms. The van der Waals surface area contributed by atoms with E-state index in [0.29, 0.717) is 17.0 Å². The number of anilines is 1. The third-order valence-corrected chi connectivity index (χ3v) is 6.07. The molecule has 0 saturated carbocycles. The number of fused-ring (bicyclic) bond motifs is 1. The minimum absolute atomic E-state index is 0.184. The van der Waals surface area contributed by atoms with Crippen molar-refractivity contribution in [2.45, 2.75) is 26.0 Å². The van der Waals surface area contributed by atoms with Crippen LogP contribution in [0.5, 0.6) is 0 Å². The highest BCUT2D eigenvalue weighted by Gasteiger charge is 2.34. The lowest BCUT2D eigenvalue weighted by atomic mass is 9.92. The Balaban J connectivity index is 1.61. The number of halogens is 2. The molecule has 10 heteroatoms. The highest BCUT2D eigenvalue weighted by Crippen LogP contribution is 2.27. The number of hydrogen-bond donors (Lipinski definition) is 2. The zero-order valence-corrected chi connectivity index (χ0v) is 19.9. The van der Waals surface area contributed by atoms with Crippen molar-refractivity contribution >= 4 is 22.6 Å². The molecular formula is C26H26F2N4O4. The molecule has 0 spiro atoms. The van der Waals surface area contributed by atoms with Gasteiger partial charge in [0, 0.05) is 54.3 Å². The first kappa shape index (κ1) is 25.1. The number of rotatable bonds is 9. The van der Waals surface area contributed by atoms with E-state index in [0.717, 1.165) is 30.9 Å². The van der Waals surface area contributed by atoms with Crippen LogP contribution in [0.25, 0.3) is 11.0 Å². The standard InChI is InChI=1S/C26H26F2N4O4/c1-3-32(4-2)19-7-5-17-11-20(25(34)36-23(17)13-19)24(33)30-14-26(35,15-31-10-9-29-16-31)21-8-6-18(27)12-22(21)28/h5-13,16,35H,3-4,14-15H2,1-2H3,(H,30,33). The summed E-state index contributed by atoms with van der Waals surface area (Å²) in [6.45, 7) is 4.94. The fourth-order valence-corrected chi connectivity index (χ4v) is 4.15. The molecule has 36 heavy (non-hydrogen) atoms. The molecule has 0 fully saturated rings. The largest absolute Gasteiger partial charge is 0.422 e. The van der Waals surface area contributed by atoms with Gasteiger partial charge in [-0.3, -0.25) is 4.79 Å². The highest BCUT2D eigenvalue weighted by atomic mass is 19.1. The van der Waals surface area contributed by atoms with Gasteiger partial charge in [0.05, 0.1) is 19.4 Å². The maximum Gasteiger partial charge on any atom is 0.349 e. The van der Waals surface area contributed by atoms with E-state index in [-0.39, 0.29) is 17.7 Å². The van der Waals surface area contributed by atoms with E-state index in [9.17, 15) is 23.5 Å². The Hall–Kier alpha value is -4.05. The molecular weight excluding hydrogens is 470 g/mol. The lowest BCUT2D eigenvalue weighted by Crippen LogP contribution is -2.45. The van der Waals surface area contributed by atoms with Gasteiger partial charge in [0.2, 0.25) is 0 Å². The number of benzene rings is 2. The fraction of sp³-hybridized carbons (Fsp3) is 0.269. The summed E-state index contributed by atoms with van der Waals surface area (Å²) in [4.78, 5) is 31.5. The monoisotopic (exact) mass is 496 g/mol. The van der Waals surface area contributed by atoms with Gasteiger partial charge in [0.15, 0.2) is 0 Å². The Morgan fingerprint density at radius 2 is 1.94 bits per heavy atom. The Bertz CT molecular complexity index is 1430. The van der Waals surface area contributed by atoms with Crippen LogP contribution in [0.1, 0.15) is 29.8 Å². The van der Waals surface area contributed by atoms with Crippen LogP contribution in [-0.4, -0.2) is 40.2 Å². The Kier molecular flexibility index (Phi) is 7.16. The first-order valence-electron chi connectivity index (χ1n) is 11.5. The zero-order chi connectivity index (χ0) is 25.9. The summed E-state index contributed by atoms with van der Waals surface area (Å²) in [5.41, 5.74) is -2.06. The summed E-state index contributed by atoms with van der Waals surface area (Å²) in [6, 6.07) is 9.57. The van der Waals surface area contributed by atoms with Crippen LogP contribution >= 0.6 is 0 Å². The van der Waals surface area contributed by atoms with E-state index in [4.69, 9.17) is 4.42 Å². The zero-order valence-electron chi connectivity index (χ0n) is 19.9. The average Bonchev–Trinajstić information content (AvgIpc) is 3.35. The van der Waals surface area contributed by atoms with Gasteiger partial charge in [0.1, 0.15) is 28.4 Å². The molecule has 1 unspecified atom stereocenters. The molecule has 1 amide bonds. The van der Waals surface area contributed by atoms with Gasteiger partial charge in [-0.2, -0.15) is 0 Å². The SMILES string of the molecule is CCN(CC)c1ccc2cc(C(=O)NCC(O)(Cn3ccnc3)c3ccc(F)cc3F)c(=O)oc2c1. The molecule has 0 radical (unpaired) electrons. The van der Waals surface area contributed by atoms with Gasteiger partial charge in [0.25, 0.3) is 5.91 Å². The number of aliphatic hydroxyl groups is 1. The van der Waals surface area contributed by atoms with Gasteiger partial charge in [-0.1, -0.05) is 6.07 Å². The number of nitrogens with zero attached hydrogens (tertiary/aromatic N) is 3. The number of amides is 1. The number of imidazole rings is 1. The van der Waals surface area contributed by atoms with Crippen LogP contribution in [0.15, 0.2) is 70.4 Å². The normalized spacial score (nSPS) is 12.9. The van der Waals surface area contributed by atoms with Gasteiger partial charge < -0.3 is 24.3 Å². The minimum atomic E-state index is -1.97. The molecule has 2 heterocycles. The van der Waals surface area contributed by atoms with Crippen LogP contribution in [0, 0.1) is 11.6 Å². The predicted octanol–water partition coefficient (Wildman–Crippen LogP) is 3.43. The molecule has 4 rings (SSSR count). The predicted molar refractivity (Wildman–Crippen MR) is 131 cm³/mol. The first-order valence-corrected chi connectivity index (χ1v) is 11.5. The third-order valence-electron chi connectivity index (χ3n) is 6.07. The van der Waals surface area contributed by atoms with Crippen molar-refractivity contribution in [2.24, 2.45) is 0 Å². The quantitative estimate of drug-likeness (QED) is 0.345. The maximum atomic E-state index is 14.6. The number of carbonyl (C=O) groups is 1. The van der Waals surface area contributed by atoms with E-state index in [1.807, 2.05) is 19.9 Å². The summed E-state index contributed by atoms with van der Waals surface area (Å²) in [7, 11) is 0. The second-order valence-electron chi connectivity index (χ2n) is 8.42. The van der Waals surface area contributed by atoms with Gasteiger partial charge in [-0.05, 0) is 38.1 Å². The molecule has 0 aliphatic heterocycles.